The molecule has 0 radical (unpaired) electrons. The Hall–Kier alpha value is -2.99. The van der Waals surface area contributed by atoms with Crippen molar-refractivity contribution in [1.29, 1.82) is 0 Å². The van der Waals surface area contributed by atoms with Crippen molar-refractivity contribution in [3.05, 3.63) is 30.0 Å². The first kappa shape index (κ1) is 19.3. The Kier molecular flexibility index (Phi) is 6.25. The number of ether oxygens (including phenoxy) is 3. The summed E-state index contributed by atoms with van der Waals surface area (Å²) < 4.78 is 41.5. The molecule has 2 rings (SSSR count). The number of nitrogens with one attached hydrogen (secondary N) is 2. The molecule has 0 bridgehead atoms. The normalized spacial score (nSPS) is 10.9. The summed E-state index contributed by atoms with van der Waals surface area (Å²) >= 11 is 0. The number of pyridine rings is 1. The van der Waals surface area contributed by atoms with E-state index in [9.17, 15) is 13.2 Å². The van der Waals surface area contributed by atoms with Gasteiger partial charge in [-0.05, 0) is 6.07 Å². The fourth-order valence-electron chi connectivity index (χ4n) is 1.90. The monoisotopic (exact) mass is 383 g/mol. The molecule has 0 aliphatic rings. The van der Waals surface area contributed by atoms with E-state index >= 15 is 0 Å². The van der Waals surface area contributed by atoms with Gasteiger partial charge >= 0.3 is 6.03 Å². The smallest absolute Gasteiger partial charge is 0.335 e. The van der Waals surface area contributed by atoms with Crippen LogP contribution in [0.5, 0.6) is 11.8 Å². The summed E-state index contributed by atoms with van der Waals surface area (Å²) in [5.74, 6) is 0.0521. The second-order valence-corrected chi connectivity index (χ2v) is 6.33. The molecule has 2 aromatic rings. The Labute approximate surface area is 149 Å². The Bertz CT molecular complexity index is 867. The number of urea groups is 1. The lowest BCUT2D eigenvalue weighted by atomic mass is 10.3. The number of rotatable bonds is 7. The van der Waals surface area contributed by atoms with E-state index in [4.69, 9.17) is 14.2 Å². The second kappa shape index (κ2) is 8.40. The fourth-order valence-corrected chi connectivity index (χ4v) is 2.96. The third-order valence-electron chi connectivity index (χ3n) is 2.95. The van der Waals surface area contributed by atoms with E-state index in [0.29, 0.717) is 5.56 Å². The molecule has 26 heavy (non-hydrogen) atoms. The molecule has 0 aliphatic heterocycles. The number of nitrogens with zero attached hydrogens (tertiary/aromatic N) is 3. The predicted molar refractivity (Wildman–Crippen MR) is 89.4 cm³/mol. The van der Waals surface area contributed by atoms with Gasteiger partial charge in [-0.1, -0.05) is 6.07 Å². The topological polar surface area (TPSA) is 142 Å². The zero-order valence-electron chi connectivity index (χ0n) is 14.2. The molecule has 0 aromatic carbocycles. The molecule has 2 heterocycles. The van der Waals surface area contributed by atoms with Crippen molar-refractivity contribution >= 4 is 22.0 Å². The van der Waals surface area contributed by atoms with Gasteiger partial charge in [0.05, 0.1) is 26.9 Å². The van der Waals surface area contributed by atoms with E-state index in [0.717, 1.165) is 0 Å². The number of amides is 2. The van der Waals surface area contributed by atoms with E-state index in [2.05, 4.69) is 20.3 Å². The highest BCUT2D eigenvalue weighted by Crippen LogP contribution is 2.17. The number of methoxy groups -OCH3 is 3. The van der Waals surface area contributed by atoms with Gasteiger partial charge in [0.1, 0.15) is 0 Å². The lowest BCUT2D eigenvalue weighted by Gasteiger charge is -2.11. The van der Waals surface area contributed by atoms with Crippen molar-refractivity contribution in [2.24, 2.45) is 0 Å². The number of anilines is 1. The summed E-state index contributed by atoms with van der Waals surface area (Å²) in [5.41, 5.74) is 0.301. The molecule has 0 atom stereocenters. The van der Waals surface area contributed by atoms with E-state index < -0.39 is 16.1 Å². The molecular formula is C14H17N5O6S. The van der Waals surface area contributed by atoms with Gasteiger partial charge in [-0.15, -0.1) is 0 Å². The summed E-state index contributed by atoms with van der Waals surface area (Å²) in [6.45, 7) is 0.0158. The highest BCUT2D eigenvalue weighted by atomic mass is 32.2. The SMILES string of the molecule is COCc1cccnc1S(=O)(=O)NC(=O)Nc1nc(OC)cc(OC)n1. The quantitative estimate of drug-likeness (QED) is 0.700. The van der Waals surface area contributed by atoms with E-state index in [1.165, 1.54) is 39.7 Å². The minimum Gasteiger partial charge on any atom is -0.481 e. The van der Waals surface area contributed by atoms with Gasteiger partial charge in [0.2, 0.25) is 17.7 Å². The van der Waals surface area contributed by atoms with Crippen molar-refractivity contribution in [1.82, 2.24) is 19.7 Å². The number of hydrogen-bond acceptors (Lipinski definition) is 9. The second-order valence-electron chi connectivity index (χ2n) is 4.74. The van der Waals surface area contributed by atoms with Crippen LogP contribution >= 0.6 is 0 Å². The lowest BCUT2D eigenvalue weighted by molar-refractivity contribution is 0.182. The average molecular weight is 383 g/mol. The van der Waals surface area contributed by atoms with Crippen LogP contribution in [0.3, 0.4) is 0 Å². The van der Waals surface area contributed by atoms with Crippen LogP contribution in [0.15, 0.2) is 29.4 Å². The summed E-state index contributed by atoms with van der Waals surface area (Å²) in [6.07, 6.45) is 1.29. The molecule has 2 aromatic heterocycles. The van der Waals surface area contributed by atoms with Crippen LogP contribution in [0, 0.1) is 0 Å². The molecule has 0 saturated carbocycles. The van der Waals surface area contributed by atoms with Crippen LogP contribution < -0.4 is 19.5 Å². The lowest BCUT2D eigenvalue weighted by Crippen LogP contribution is -2.35. The number of sulfonamides is 1. The van der Waals surface area contributed by atoms with Crippen LogP contribution in [-0.4, -0.2) is 50.7 Å². The van der Waals surface area contributed by atoms with Gasteiger partial charge in [0.15, 0.2) is 5.03 Å². The van der Waals surface area contributed by atoms with Crippen LogP contribution in [0.25, 0.3) is 0 Å². The third kappa shape index (κ3) is 4.77. The molecule has 12 heteroatoms. The molecule has 0 spiro atoms. The Morgan fingerprint density at radius 1 is 1.15 bits per heavy atom. The molecule has 2 N–H and O–H groups in total. The average Bonchev–Trinajstić information content (AvgIpc) is 2.61. The van der Waals surface area contributed by atoms with Gasteiger partial charge in [-0.3, -0.25) is 5.32 Å². The zero-order chi connectivity index (χ0) is 19.2. The predicted octanol–water partition coefficient (Wildman–Crippen LogP) is 0.546. The maximum absolute atomic E-state index is 12.4. The Morgan fingerprint density at radius 2 is 1.81 bits per heavy atom. The standard InChI is InChI=1S/C14H17N5O6S/c1-23-8-9-5-4-6-15-12(9)26(21,22)19-14(20)18-13-16-10(24-2)7-11(17-13)25-3/h4-7H,8H2,1-3H3,(H2,16,17,18,19,20). The van der Waals surface area contributed by atoms with Crippen molar-refractivity contribution < 1.29 is 27.4 Å². The summed E-state index contributed by atoms with van der Waals surface area (Å²) in [4.78, 5) is 23.6. The molecule has 0 aliphatic carbocycles. The minimum absolute atomic E-state index is 0.0158. The molecule has 0 saturated heterocycles. The van der Waals surface area contributed by atoms with Crippen molar-refractivity contribution in [2.45, 2.75) is 11.6 Å². The van der Waals surface area contributed by atoms with Gasteiger partial charge in [0, 0.05) is 18.9 Å². The number of hydrogen-bond donors (Lipinski definition) is 2. The number of carbonyl (C=O) groups excluding carboxylic acids is 1. The van der Waals surface area contributed by atoms with E-state index in [1.54, 1.807) is 6.07 Å². The maximum atomic E-state index is 12.4. The zero-order valence-corrected chi connectivity index (χ0v) is 15.0. The number of aromatic nitrogens is 3. The molecular weight excluding hydrogens is 366 g/mol. The van der Waals surface area contributed by atoms with Crippen LogP contribution in [-0.2, 0) is 21.4 Å². The van der Waals surface area contributed by atoms with Crippen molar-refractivity contribution in [3.63, 3.8) is 0 Å². The molecule has 2 amide bonds. The van der Waals surface area contributed by atoms with Crippen molar-refractivity contribution in [2.75, 3.05) is 26.6 Å². The Morgan fingerprint density at radius 3 is 2.38 bits per heavy atom. The molecule has 140 valence electrons. The third-order valence-corrected chi connectivity index (χ3v) is 4.28. The first-order valence-electron chi connectivity index (χ1n) is 7.13. The van der Waals surface area contributed by atoms with Gasteiger partial charge < -0.3 is 14.2 Å². The number of carbonyl (C=O) groups is 1. The van der Waals surface area contributed by atoms with E-state index in [1.807, 2.05) is 4.72 Å². The maximum Gasteiger partial charge on any atom is 0.335 e. The first-order chi connectivity index (χ1) is 12.4. The van der Waals surface area contributed by atoms with Gasteiger partial charge in [0.25, 0.3) is 10.0 Å². The minimum atomic E-state index is -4.24. The van der Waals surface area contributed by atoms with Gasteiger partial charge in [-0.25, -0.2) is 14.5 Å². The highest BCUT2D eigenvalue weighted by Gasteiger charge is 2.23. The summed E-state index contributed by atoms with van der Waals surface area (Å²) in [5, 5.41) is 1.88. The van der Waals surface area contributed by atoms with E-state index in [-0.39, 0.29) is 29.3 Å². The molecule has 11 nitrogen and oxygen atoms in total. The summed E-state index contributed by atoms with van der Waals surface area (Å²) in [6, 6.07) is 3.41. The fraction of sp³-hybridized carbons (Fsp3) is 0.286. The Balaban J connectivity index is 2.19. The van der Waals surface area contributed by atoms with Crippen LogP contribution in [0.2, 0.25) is 0 Å². The van der Waals surface area contributed by atoms with Crippen LogP contribution in [0.4, 0.5) is 10.7 Å². The molecule has 0 fully saturated rings. The summed E-state index contributed by atoms with van der Waals surface area (Å²) in [7, 11) is -0.0822. The molecule has 0 unspecified atom stereocenters. The van der Waals surface area contributed by atoms with Crippen LogP contribution in [0.1, 0.15) is 5.56 Å². The van der Waals surface area contributed by atoms with Crippen molar-refractivity contribution in [3.8, 4) is 11.8 Å². The largest absolute Gasteiger partial charge is 0.481 e. The highest BCUT2D eigenvalue weighted by molar-refractivity contribution is 7.90. The first-order valence-corrected chi connectivity index (χ1v) is 8.61. The van der Waals surface area contributed by atoms with Gasteiger partial charge in [-0.2, -0.15) is 18.4 Å².